The van der Waals surface area contributed by atoms with Crippen LogP contribution in [0.4, 0.5) is 4.79 Å². The molecular formula is C22H27N5O3. The summed E-state index contributed by atoms with van der Waals surface area (Å²) in [6.07, 6.45) is 5.28. The number of hydrogen-bond donors (Lipinski definition) is 1. The summed E-state index contributed by atoms with van der Waals surface area (Å²) in [6.45, 7) is 3.69. The van der Waals surface area contributed by atoms with E-state index in [1.165, 1.54) is 11.1 Å². The molecule has 2 aromatic rings. The van der Waals surface area contributed by atoms with Crippen molar-refractivity contribution in [1.82, 2.24) is 24.9 Å². The van der Waals surface area contributed by atoms with Gasteiger partial charge in [-0.1, -0.05) is 24.3 Å². The minimum absolute atomic E-state index is 0.109. The van der Waals surface area contributed by atoms with Crippen molar-refractivity contribution in [2.24, 2.45) is 7.05 Å². The number of nitrogens with one attached hydrogen (secondary N) is 1. The van der Waals surface area contributed by atoms with Crippen LogP contribution in [-0.4, -0.2) is 82.9 Å². The molecule has 5 heterocycles. The number of aromatic nitrogens is 2. The van der Waals surface area contributed by atoms with E-state index in [-0.39, 0.29) is 30.5 Å². The minimum atomic E-state index is 0.109. The third kappa shape index (κ3) is 3.29. The van der Waals surface area contributed by atoms with Gasteiger partial charge in [-0.05, 0) is 17.5 Å². The number of likely N-dealkylation sites (tertiary alicyclic amines) is 2. The zero-order valence-electron chi connectivity index (χ0n) is 17.1. The predicted octanol–water partition coefficient (Wildman–Crippen LogP) is 1.39. The van der Waals surface area contributed by atoms with Gasteiger partial charge in [0.15, 0.2) is 0 Å². The third-order valence-electron chi connectivity index (χ3n) is 6.83. The molecule has 1 aromatic carbocycles. The van der Waals surface area contributed by atoms with Crippen LogP contribution in [0.3, 0.4) is 0 Å². The molecule has 8 nitrogen and oxygen atoms in total. The number of carbonyl (C=O) groups is 1. The van der Waals surface area contributed by atoms with Gasteiger partial charge >= 0.3 is 6.03 Å². The molecule has 0 saturated carbocycles. The van der Waals surface area contributed by atoms with Gasteiger partial charge in [-0.3, -0.25) is 10.00 Å². The summed E-state index contributed by atoms with van der Waals surface area (Å²) in [5.41, 5.74) is 3.58. The van der Waals surface area contributed by atoms with Gasteiger partial charge in [0.25, 0.3) is 0 Å². The van der Waals surface area contributed by atoms with Crippen molar-refractivity contribution < 1.29 is 14.3 Å². The number of urea groups is 1. The molecule has 4 saturated heterocycles. The topological polar surface area (TPSA) is 75.2 Å². The SMILES string of the molecule is Cn1cc(-c2ccc(C3CN(C(=O)N4CC[C@@H]5OCC6OC6N[C@@H]5C4)C3)cc2)cn1. The second kappa shape index (κ2) is 7.08. The van der Waals surface area contributed by atoms with Gasteiger partial charge in [-0.25, -0.2) is 4.79 Å². The van der Waals surface area contributed by atoms with Gasteiger partial charge in [0.2, 0.25) is 0 Å². The van der Waals surface area contributed by atoms with E-state index >= 15 is 0 Å². The number of rotatable bonds is 2. The number of aryl methyl sites for hydroxylation is 1. The lowest BCUT2D eigenvalue weighted by Crippen LogP contribution is -2.60. The number of fused-ring (bicyclic) bond motifs is 2. The number of amides is 2. The van der Waals surface area contributed by atoms with Gasteiger partial charge in [-0.15, -0.1) is 0 Å². The van der Waals surface area contributed by atoms with Gasteiger partial charge in [0, 0.05) is 50.9 Å². The molecule has 4 aliphatic rings. The molecule has 4 atom stereocenters. The van der Waals surface area contributed by atoms with Crippen molar-refractivity contribution in [3.8, 4) is 11.1 Å². The summed E-state index contributed by atoms with van der Waals surface area (Å²) in [5.74, 6) is 0.411. The smallest absolute Gasteiger partial charge is 0.320 e. The molecule has 0 aliphatic carbocycles. The monoisotopic (exact) mass is 409 g/mol. The molecular weight excluding hydrogens is 382 g/mol. The Morgan fingerprint density at radius 1 is 1.10 bits per heavy atom. The van der Waals surface area contributed by atoms with Gasteiger partial charge in [-0.2, -0.15) is 5.10 Å². The summed E-state index contributed by atoms with van der Waals surface area (Å²) < 4.78 is 13.3. The molecule has 1 N–H and O–H groups in total. The van der Waals surface area contributed by atoms with Crippen LogP contribution >= 0.6 is 0 Å². The van der Waals surface area contributed by atoms with Gasteiger partial charge in [0.05, 0.1) is 24.9 Å². The summed E-state index contributed by atoms with van der Waals surface area (Å²) >= 11 is 0. The number of nitrogens with zero attached hydrogens (tertiary/aromatic N) is 4. The van der Waals surface area contributed by atoms with Crippen LogP contribution < -0.4 is 5.32 Å². The van der Waals surface area contributed by atoms with Crippen molar-refractivity contribution in [3.05, 3.63) is 42.2 Å². The Morgan fingerprint density at radius 3 is 2.70 bits per heavy atom. The number of carbonyl (C=O) groups excluding carboxylic acids is 1. The largest absolute Gasteiger partial charge is 0.374 e. The fourth-order valence-corrected chi connectivity index (χ4v) is 4.87. The Morgan fingerprint density at radius 2 is 1.93 bits per heavy atom. The van der Waals surface area contributed by atoms with Crippen LogP contribution in [0.15, 0.2) is 36.7 Å². The molecule has 6 rings (SSSR count). The van der Waals surface area contributed by atoms with E-state index in [0.29, 0.717) is 19.1 Å². The minimum Gasteiger partial charge on any atom is -0.374 e. The highest BCUT2D eigenvalue weighted by Gasteiger charge is 2.47. The van der Waals surface area contributed by atoms with Crippen molar-refractivity contribution in [1.29, 1.82) is 0 Å². The summed E-state index contributed by atoms with van der Waals surface area (Å²) in [5, 5.41) is 7.74. The number of ether oxygens (including phenoxy) is 2. The maximum Gasteiger partial charge on any atom is 0.320 e. The van der Waals surface area contributed by atoms with E-state index in [2.05, 4.69) is 34.7 Å². The molecule has 8 heteroatoms. The second-order valence-corrected chi connectivity index (χ2v) is 8.88. The van der Waals surface area contributed by atoms with Crippen LogP contribution in [0.25, 0.3) is 11.1 Å². The lowest BCUT2D eigenvalue weighted by atomic mass is 9.90. The number of hydrogen-bond acceptors (Lipinski definition) is 5. The standard InChI is InChI=1S/C22H27N5O3/c1-25-9-16(8-23-25)14-2-4-15(5-3-14)17-10-27(11-17)22(28)26-7-6-19-18(12-26)24-21-20(30-21)13-29-19/h2-5,8-9,17-21,24H,6-7,10-13H2,1H3/t18-,19+,20?,21?/m1/s1. The number of epoxide rings is 1. The van der Waals surface area contributed by atoms with E-state index in [0.717, 1.165) is 31.6 Å². The van der Waals surface area contributed by atoms with E-state index in [1.807, 2.05) is 33.9 Å². The molecule has 0 radical (unpaired) electrons. The maximum atomic E-state index is 13.0. The van der Waals surface area contributed by atoms with Gasteiger partial charge in [0.1, 0.15) is 12.3 Å². The first kappa shape index (κ1) is 18.4. The molecule has 0 bridgehead atoms. The zero-order chi connectivity index (χ0) is 20.2. The summed E-state index contributed by atoms with van der Waals surface area (Å²) in [7, 11) is 1.93. The summed E-state index contributed by atoms with van der Waals surface area (Å²) in [6, 6.07) is 8.96. The zero-order valence-corrected chi connectivity index (χ0v) is 17.1. The molecule has 2 amide bonds. The molecule has 0 spiro atoms. The normalized spacial score (nSPS) is 30.8. The van der Waals surface area contributed by atoms with Crippen molar-refractivity contribution in [3.63, 3.8) is 0 Å². The molecule has 4 fully saturated rings. The van der Waals surface area contributed by atoms with Crippen LogP contribution in [0, 0.1) is 0 Å². The maximum absolute atomic E-state index is 13.0. The lowest BCUT2D eigenvalue weighted by molar-refractivity contribution is -0.0192. The first-order valence-corrected chi connectivity index (χ1v) is 10.8. The second-order valence-electron chi connectivity index (χ2n) is 8.88. The Labute approximate surface area is 175 Å². The first-order chi connectivity index (χ1) is 14.6. The van der Waals surface area contributed by atoms with E-state index in [9.17, 15) is 4.79 Å². The fraction of sp³-hybridized carbons (Fsp3) is 0.545. The van der Waals surface area contributed by atoms with Crippen LogP contribution in [0.5, 0.6) is 0 Å². The fourth-order valence-electron chi connectivity index (χ4n) is 4.87. The van der Waals surface area contributed by atoms with Crippen LogP contribution in [0.2, 0.25) is 0 Å². The van der Waals surface area contributed by atoms with E-state index < -0.39 is 0 Å². The van der Waals surface area contributed by atoms with Crippen molar-refractivity contribution in [2.45, 2.75) is 36.8 Å². The number of benzene rings is 1. The van der Waals surface area contributed by atoms with Crippen molar-refractivity contribution in [2.75, 3.05) is 32.8 Å². The quantitative estimate of drug-likeness (QED) is 0.759. The Hall–Kier alpha value is -2.42. The van der Waals surface area contributed by atoms with E-state index in [4.69, 9.17) is 9.47 Å². The molecule has 30 heavy (non-hydrogen) atoms. The molecule has 2 unspecified atom stereocenters. The summed E-state index contributed by atoms with van der Waals surface area (Å²) in [4.78, 5) is 16.9. The highest BCUT2D eigenvalue weighted by atomic mass is 16.6. The third-order valence-corrected chi connectivity index (χ3v) is 6.83. The Bertz CT molecular complexity index is 939. The predicted molar refractivity (Wildman–Crippen MR) is 110 cm³/mol. The van der Waals surface area contributed by atoms with Gasteiger partial charge < -0.3 is 19.3 Å². The van der Waals surface area contributed by atoms with Crippen molar-refractivity contribution >= 4 is 6.03 Å². The average Bonchev–Trinajstić information content (AvgIpc) is 3.35. The van der Waals surface area contributed by atoms with Crippen LogP contribution in [0.1, 0.15) is 17.9 Å². The highest BCUT2D eigenvalue weighted by Crippen LogP contribution is 2.32. The lowest BCUT2D eigenvalue weighted by Gasteiger charge is -2.45. The van der Waals surface area contributed by atoms with Crippen LogP contribution in [-0.2, 0) is 16.5 Å². The molecule has 4 aliphatic heterocycles. The molecule has 158 valence electrons. The average molecular weight is 409 g/mol. The highest BCUT2D eigenvalue weighted by molar-refractivity contribution is 5.76. The molecule has 1 aromatic heterocycles. The number of piperidine rings is 1. The van der Waals surface area contributed by atoms with E-state index in [1.54, 1.807) is 0 Å². The first-order valence-electron chi connectivity index (χ1n) is 10.8. The Kier molecular flexibility index (Phi) is 4.33. The Balaban J connectivity index is 1.05.